The van der Waals surface area contributed by atoms with Crippen LogP contribution in [-0.4, -0.2) is 35.6 Å². The molecule has 1 fully saturated rings. The van der Waals surface area contributed by atoms with E-state index in [4.69, 9.17) is 32.8 Å². The van der Waals surface area contributed by atoms with Gasteiger partial charge in [-0.05, 0) is 17.7 Å². The summed E-state index contributed by atoms with van der Waals surface area (Å²) in [7, 11) is 1.25. The minimum atomic E-state index is -0.844. The standard InChI is InChI=1S/C18H16Cl2N2O4/c1-25-18(24)21-10-16(23)22(26-11-12-5-3-2-4-6-12)17(21)14-8-7-13(19)9-15(14)20/h2-9,17H,10-11H2,1H3. The lowest BCUT2D eigenvalue weighted by Gasteiger charge is -2.29. The predicted octanol–water partition coefficient (Wildman–Crippen LogP) is 4.03. The molecule has 0 N–H and O–H groups in total. The number of carbonyl (C=O) groups is 2. The molecule has 1 saturated heterocycles. The SMILES string of the molecule is COC(=O)N1CC(=O)N(OCc2ccccc2)C1c1ccc(Cl)cc1Cl. The van der Waals surface area contributed by atoms with E-state index in [-0.39, 0.29) is 19.1 Å². The second-order valence-electron chi connectivity index (χ2n) is 5.62. The van der Waals surface area contributed by atoms with E-state index in [9.17, 15) is 9.59 Å². The Kier molecular flexibility index (Phi) is 5.66. The normalized spacial score (nSPS) is 16.9. The molecule has 1 heterocycles. The number of methoxy groups -OCH3 is 1. The summed E-state index contributed by atoms with van der Waals surface area (Å²) < 4.78 is 4.79. The van der Waals surface area contributed by atoms with Crippen LogP contribution in [0.25, 0.3) is 0 Å². The molecule has 26 heavy (non-hydrogen) atoms. The van der Waals surface area contributed by atoms with Crippen LogP contribution in [0.3, 0.4) is 0 Å². The lowest BCUT2D eigenvalue weighted by Crippen LogP contribution is -2.35. The zero-order valence-electron chi connectivity index (χ0n) is 13.9. The molecule has 6 nitrogen and oxygen atoms in total. The average Bonchev–Trinajstić information content (AvgIpc) is 2.96. The van der Waals surface area contributed by atoms with Gasteiger partial charge in [0, 0.05) is 15.6 Å². The van der Waals surface area contributed by atoms with Crippen molar-refractivity contribution >= 4 is 35.2 Å². The molecular formula is C18H16Cl2N2O4. The zero-order chi connectivity index (χ0) is 18.7. The van der Waals surface area contributed by atoms with Crippen LogP contribution in [0.5, 0.6) is 0 Å². The minimum absolute atomic E-state index is 0.170. The van der Waals surface area contributed by atoms with E-state index in [1.807, 2.05) is 30.3 Å². The van der Waals surface area contributed by atoms with Crippen molar-refractivity contribution in [3.05, 3.63) is 69.7 Å². The first kappa shape index (κ1) is 18.5. The third-order valence-electron chi connectivity index (χ3n) is 3.93. The summed E-state index contributed by atoms with van der Waals surface area (Å²) in [6, 6.07) is 14.2. The molecule has 0 saturated carbocycles. The molecule has 2 amide bonds. The fraction of sp³-hybridized carbons (Fsp3) is 0.222. The Morgan fingerprint density at radius 1 is 1.19 bits per heavy atom. The Balaban J connectivity index is 1.92. The second-order valence-corrected chi connectivity index (χ2v) is 6.46. The number of amides is 2. The molecule has 0 aliphatic carbocycles. The fourth-order valence-electron chi connectivity index (χ4n) is 2.71. The third-order valence-corrected chi connectivity index (χ3v) is 4.49. The van der Waals surface area contributed by atoms with Crippen LogP contribution >= 0.6 is 23.2 Å². The summed E-state index contributed by atoms with van der Waals surface area (Å²) in [6.07, 6.45) is -1.50. The maximum absolute atomic E-state index is 12.5. The predicted molar refractivity (Wildman–Crippen MR) is 96.4 cm³/mol. The van der Waals surface area contributed by atoms with Crippen molar-refractivity contribution in [3.63, 3.8) is 0 Å². The van der Waals surface area contributed by atoms with Crippen LogP contribution in [0.15, 0.2) is 48.5 Å². The number of hydrogen-bond acceptors (Lipinski definition) is 4. The molecule has 0 spiro atoms. The number of carbonyl (C=O) groups excluding carboxylic acids is 2. The summed E-state index contributed by atoms with van der Waals surface area (Å²) in [6.45, 7) is -0.00557. The highest BCUT2D eigenvalue weighted by Crippen LogP contribution is 2.36. The Morgan fingerprint density at radius 2 is 1.92 bits per heavy atom. The summed E-state index contributed by atoms with van der Waals surface area (Å²) in [5.41, 5.74) is 1.40. The van der Waals surface area contributed by atoms with Gasteiger partial charge in [-0.2, -0.15) is 5.06 Å². The molecule has 136 valence electrons. The number of hydroxylamine groups is 2. The minimum Gasteiger partial charge on any atom is -0.453 e. The maximum atomic E-state index is 12.5. The van der Waals surface area contributed by atoms with Crippen LogP contribution in [0.2, 0.25) is 10.0 Å². The number of nitrogens with zero attached hydrogens (tertiary/aromatic N) is 2. The van der Waals surface area contributed by atoms with Gasteiger partial charge in [-0.15, -0.1) is 0 Å². The molecule has 2 aromatic carbocycles. The summed E-state index contributed by atoms with van der Waals surface area (Å²) >= 11 is 12.3. The van der Waals surface area contributed by atoms with Crippen LogP contribution in [0.1, 0.15) is 17.3 Å². The largest absolute Gasteiger partial charge is 0.453 e. The first-order valence-electron chi connectivity index (χ1n) is 7.79. The van der Waals surface area contributed by atoms with Crippen LogP contribution in [-0.2, 0) is 21.0 Å². The molecule has 2 aromatic rings. The highest BCUT2D eigenvalue weighted by atomic mass is 35.5. The second kappa shape index (κ2) is 7.95. The average molecular weight is 395 g/mol. The van der Waals surface area contributed by atoms with Gasteiger partial charge in [0.15, 0.2) is 6.17 Å². The van der Waals surface area contributed by atoms with Gasteiger partial charge in [-0.3, -0.25) is 14.5 Å². The van der Waals surface area contributed by atoms with E-state index in [0.717, 1.165) is 10.6 Å². The lowest BCUT2D eigenvalue weighted by atomic mass is 10.1. The smallest absolute Gasteiger partial charge is 0.411 e. The molecule has 3 rings (SSSR count). The van der Waals surface area contributed by atoms with Gasteiger partial charge in [0.2, 0.25) is 0 Å². The van der Waals surface area contributed by atoms with Crippen LogP contribution in [0.4, 0.5) is 4.79 Å². The maximum Gasteiger partial charge on any atom is 0.411 e. The molecule has 1 aliphatic rings. The first-order chi connectivity index (χ1) is 12.5. The quantitative estimate of drug-likeness (QED) is 0.784. The topological polar surface area (TPSA) is 59.1 Å². The summed E-state index contributed by atoms with van der Waals surface area (Å²) in [5, 5.41) is 1.92. The lowest BCUT2D eigenvalue weighted by molar-refractivity contribution is -0.202. The van der Waals surface area contributed by atoms with Crippen molar-refractivity contribution in [3.8, 4) is 0 Å². The summed E-state index contributed by atoms with van der Waals surface area (Å²) in [4.78, 5) is 31.6. The number of halogens is 2. The van der Waals surface area contributed by atoms with Crippen molar-refractivity contribution in [1.29, 1.82) is 0 Å². The first-order valence-corrected chi connectivity index (χ1v) is 8.55. The summed E-state index contributed by atoms with van der Waals surface area (Å²) in [5.74, 6) is -0.373. The van der Waals surface area contributed by atoms with Crippen molar-refractivity contribution in [1.82, 2.24) is 9.96 Å². The molecule has 0 bridgehead atoms. The zero-order valence-corrected chi connectivity index (χ0v) is 15.4. The van der Waals surface area contributed by atoms with Gasteiger partial charge in [-0.25, -0.2) is 4.79 Å². The molecule has 1 unspecified atom stereocenters. The molecule has 0 radical (unpaired) electrons. The molecule has 1 atom stereocenters. The fourth-order valence-corrected chi connectivity index (χ4v) is 3.22. The van der Waals surface area contributed by atoms with Gasteiger partial charge in [0.1, 0.15) is 13.2 Å². The number of benzene rings is 2. The molecule has 8 heteroatoms. The van der Waals surface area contributed by atoms with Crippen molar-refractivity contribution in [2.75, 3.05) is 13.7 Å². The highest BCUT2D eigenvalue weighted by Gasteiger charge is 2.44. The number of ether oxygens (including phenoxy) is 1. The van der Waals surface area contributed by atoms with E-state index >= 15 is 0 Å². The Bertz CT molecular complexity index is 816. The van der Waals surface area contributed by atoms with Crippen molar-refractivity contribution < 1.29 is 19.2 Å². The van der Waals surface area contributed by atoms with Gasteiger partial charge >= 0.3 is 6.09 Å². The molecular weight excluding hydrogens is 379 g/mol. The Labute approximate surface area is 160 Å². The van der Waals surface area contributed by atoms with Crippen LogP contribution < -0.4 is 0 Å². The van der Waals surface area contributed by atoms with Gasteiger partial charge in [0.05, 0.1) is 7.11 Å². The monoisotopic (exact) mass is 394 g/mol. The Morgan fingerprint density at radius 3 is 2.58 bits per heavy atom. The van der Waals surface area contributed by atoms with E-state index in [2.05, 4.69) is 0 Å². The van der Waals surface area contributed by atoms with Crippen molar-refractivity contribution in [2.45, 2.75) is 12.8 Å². The highest BCUT2D eigenvalue weighted by molar-refractivity contribution is 6.35. The van der Waals surface area contributed by atoms with E-state index < -0.39 is 12.3 Å². The van der Waals surface area contributed by atoms with Gasteiger partial charge in [0.25, 0.3) is 5.91 Å². The third kappa shape index (κ3) is 3.77. The number of rotatable bonds is 4. The molecule has 0 aromatic heterocycles. The molecule has 1 aliphatic heterocycles. The van der Waals surface area contributed by atoms with E-state index in [0.29, 0.717) is 15.6 Å². The van der Waals surface area contributed by atoms with Gasteiger partial charge in [-0.1, -0.05) is 59.6 Å². The van der Waals surface area contributed by atoms with E-state index in [1.54, 1.807) is 18.2 Å². The van der Waals surface area contributed by atoms with E-state index in [1.165, 1.54) is 12.0 Å². The van der Waals surface area contributed by atoms with Crippen molar-refractivity contribution in [2.24, 2.45) is 0 Å². The number of hydrogen-bond donors (Lipinski definition) is 0. The van der Waals surface area contributed by atoms with Crippen LogP contribution in [0, 0.1) is 0 Å². The Hall–Kier alpha value is -2.28. The van der Waals surface area contributed by atoms with Gasteiger partial charge < -0.3 is 4.74 Å².